The minimum Gasteiger partial charge on any atom is -0.444 e. The van der Waals surface area contributed by atoms with Gasteiger partial charge in [0.2, 0.25) is 11.8 Å². The summed E-state index contributed by atoms with van der Waals surface area (Å²) in [5.74, 6) is 0.508. The maximum Gasteiger partial charge on any atom is 0.451 e. The summed E-state index contributed by atoms with van der Waals surface area (Å²) in [6.45, 7) is 9.45. The van der Waals surface area contributed by atoms with Crippen molar-refractivity contribution in [2.75, 3.05) is 29.4 Å². The molecular weight excluding hydrogens is 533 g/mol. The smallest absolute Gasteiger partial charge is 0.444 e. The van der Waals surface area contributed by atoms with E-state index in [-0.39, 0.29) is 25.0 Å². The largest absolute Gasteiger partial charge is 0.451 e. The molecule has 0 aliphatic carbocycles. The molecule has 2 aliphatic rings. The highest BCUT2D eigenvalue weighted by molar-refractivity contribution is 7.18. The van der Waals surface area contributed by atoms with Crippen LogP contribution in [0.1, 0.15) is 63.5 Å². The second-order valence-electron chi connectivity index (χ2n) is 11.0. The van der Waals surface area contributed by atoms with E-state index in [2.05, 4.69) is 33.4 Å². The number of fused-ring (bicyclic) bond motifs is 2. The molecule has 2 aliphatic heterocycles. The molecule has 5 heterocycles. The molecule has 5 rings (SSSR count). The van der Waals surface area contributed by atoms with Gasteiger partial charge in [0, 0.05) is 37.1 Å². The lowest BCUT2D eigenvalue weighted by Crippen LogP contribution is -2.49. The van der Waals surface area contributed by atoms with Gasteiger partial charge in [0.05, 0.1) is 11.9 Å². The summed E-state index contributed by atoms with van der Waals surface area (Å²) in [7, 11) is 0. The molecule has 1 atom stereocenters. The fourth-order valence-electron chi connectivity index (χ4n) is 5.00. The Balaban J connectivity index is 1.43. The lowest BCUT2D eigenvalue weighted by atomic mass is 10.1. The Bertz CT molecular complexity index is 1350. The van der Waals surface area contributed by atoms with E-state index in [4.69, 9.17) is 14.7 Å². The molecule has 1 unspecified atom stereocenters. The van der Waals surface area contributed by atoms with Crippen LogP contribution in [0, 0.1) is 0 Å². The molecule has 0 aromatic carbocycles. The number of carbonyl (C=O) groups is 1. The zero-order chi connectivity index (χ0) is 27.9. The normalized spacial score (nSPS) is 18.4. The minimum atomic E-state index is -4.55. The molecule has 10 nitrogen and oxygen atoms in total. The van der Waals surface area contributed by atoms with Crippen molar-refractivity contribution in [3.8, 4) is 0 Å². The average Bonchev–Trinajstić information content (AvgIpc) is 3.46. The predicted octanol–water partition coefficient (Wildman–Crippen LogP) is 4.77. The third-order valence-corrected chi connectivity index (χ3v) is 7.73. The van der Waals surface area contributed by atoms with E-state index in [0.717, 1.165) is 47.0 Å². The molecule has 14 heteroatoms. The van der Waals surface area contributed by atoms with Crippen molar-refractivity contribution in [3.63, 3.8) is 0 Å². The highest BCUT2D eigenvalue weighted by Gasteiger charge is 2.40. The van der Waals surface area contributed by atoms with Gasteiger partial charge >= 0.3 is 12.3 Å². The number of halogens is 3. The van der Waals surface area contributed by atoms with Crippen LogP contribution >= 0.6 is 11.3 Å². The van der Waals surface area contributed by atoms with Crippen molar-refractivity contribution in [2.24, 2.45) is 0 Å². The Kier molecular flexibility index (Phi) is 7.33. The number of hydrogen-bond donors (Lipinski definition) is 1. The van der Waals surface area contributed by atoms with Crippen molar-refractivity contribution < 1.29 is 22.7 Å². The van der Waals surface area contributed by atoms with Crippen LogP contribution in [0.5, 0.6) is 0 Å². The number of aromatic nitrogens is 5. The summed E-state index contributed by atoms with van der Waals surface area (Å²) in [5.41, 5.74) is -0.587. The van der Waals surface area contributed by atoms with E-state index in [1.54, 1.807) is 11.3 Å². The molecule has 3 aromatic rings. The molecule has 0 radical (unpaired) electrons. The number of rotatable bonds is 5. The molecule has 1 amide bonds. The number of amides is 1. The Morgan fingerprint density at radius 1 is 1.15 bits per heavy atom. The van der Waals surface area contributed by atoms with E-state index in [1.165, 1.54) is 4.88 Å². The fourth-order valence-corrected chi connectivity index (χ4v) is 6.12. The van der Waals surface area contributed by atoms with Crippen LogP contribution < -0.4 is 15.1 Å². The van der Waals surface area contributed by atoms with Gasteiger partial charge in [-0.15, -0.1) is 21.5 Å². The first-order chi connectivity index (χ1) is 18.4. The van der Waals surface area contributed by atoms with Crippen molar-refractivity contribution in [1.29, 1.82) is 0 Å². The zero-order valence-corrected chi connectivity index (χ0v) is 23.3. The predicted molar refractivity (Wildman–Crippen MR) is 142 cm³/mol. The number of anilines is 2. The number of nitrogens with zero attached hydrogens (tertiary/aromatic N) is 7. The van der Waals surface area contributed by atoms with E-state index in [9.17, 15) is 18.0 Å². The second kappa shape index (κ2) is 10.4. The van der Waals surface area contributed by atoms with Gasteiger partial charge in [0.15, 0.2) is 5.82 Å². The molecule has 39 heavy (non-hydrogen) atoms. The van der Waals surface area contributed by atoms with Gasteiger partial charge in [-0.2, -0.15) is 18.2 Å². The minimum absolute atomic E-state index is 0.107. The van der Waals surface area contributed by atoms with Gasteiger partial charge in [-0.25, -0.2) is 9.78 Å². The Morgan fingerprint density at radius 3 is 2.67 bits per heavy atom. The van der Waals surface area contributed by atoms with Crippen molar-refractivity contribution in [1.82, 2.24) is 30.0 Å². The first-order valence-corrected chi connectivity index (χ1v) is 14.0. The van der Waals surface area contributed by atoms with E-state index in [0.29, 0.717) is 24.9 Å². The number of hydrogen-bond acceptors (Lipinski definition) is 9. The quantitative estimate of drug-likeness (QED) is 0.472. The van der Waals surface area contributed by atoms with Crippen LogP contribution in [-0.2, 0) is 30.4 Å². The molecule has 0 spiro atoms. The first-order valence-electron chi connectivity index (χ1n) is 13.2. The maximum absolute atomic E-state index is 13.4. The van der Waals surface area contributed by atoms with E-state index < -0.39 is 23.7 Å². The number of carbonyl (C=O) groups excluding carboxylic acids is 1. The third kappa shape index (κ3) is 6.04. The molecule has 0 saturated carbocycles. The number of ether oxygens (including phenoxy) is 1. The number of piperidine rings is 1. The summed E-state index contributed by atoms with van der Waals surface area (Å²) < 4.78 is 46.7. The zero-order valence-electron chi connectivity index (χ0n) is 22.5. The van der Waals surface area contributed by atoms with Crippen molar-refractivity contribution in [2.45, 2.75) is 84.3 Å². The monoisotopic (exact) mass is 566 g/mol. The van der Waals surface area contributed by atoms with Gasteiger partial charge in [-0.1, -0.05) is 13.3 Å². The molecular formula is C25H33F3N8O2S. The van der Waals surface area contributed by atoms with Gasteiger partial charge in [0.25, 0.3) is 0 Å². The summed E-state index contributed by atoms with van der Waals surface area (Å²) >= 11 is 1.61. The maximum atomic E-state index is 13.4. The number of alkyl halides is 3. The standard InChI is InChI=1S/C25H33F3N8O2S/c1-5-7-16-12-17-19(34-10-11-36-18(14-34)32-33-21(36)25(26,27)28)30-22(31-20(17)39-16)35-9-6-8-15(13-35)29-23(37)38-24(2,3)4/h12,15H,5-11,13-14H2,1-4H3,(H,29,37). The fraction of sp³-hybridized carbons (Fsp3) is 0.640. The molecule has 1 saturated heterocycles. The van der Waals surface area contributed by atoms with Crippen LogP contribution in [-0.4, -0.2) is 62.1 Å². The van der Waals surface area contributed by atoms with Crippen molar-refractivity contribution >= 4 is 39.4 Å². The topological polar surface area (TPSA) is 101 Å². The first kappa shape index (κ1) is 27.4. The number of alkyl carbamates (subject to hydrolysis) is 1. The summed E-state index contributed by atoms with van der Waals surface area (Å²) in [4.78, 5) is 28.2. The van der Waals surface area contributed by atoms with Crippen LogP contribution in [0.15, 0.2) is 6.07 Å². The number of nitrogens with one attached hydrogen (secondary N) is 1. The lowest BCUT2D eigenvalue weighted by molar-refractivity contribution is -0.147. The summed E-state index contributed by atoms with van der Waals surface area (Å²) in [5, 5.41) is 11.1. The Labute approximate surface area is 228 Å². The lowest BCUT2D eigenvalue weighted by Gasteiger charge is -2.34. The van der Waals surface area contributed by atoms with Crippen LogP contribution in [0.25, 0.3) is 10.2 Å². The average molecular weight is 567 g/mol. The van der Waals surface area contributed by atoms with Crippen molar-refractivity contribution in [3.05, 3.63) is 22.6 Å². The third-order valence-electron chi connectivity index (χ3n) is 6.64. The highest BCUT2D eigenvalue weighted by Crippen LogP contribution is 2.36. The number of aryl methyl sites for hydroxylation is 1. The second-order valence-corrected chi connectivity index (χ2v) is 12.1. The summed E-state index contributed by atoms with van der Waals surface area (Å²) in [6, 6.07) is 1.97. The summed E-state index contributed by atoms with van der Waals surface area (Å²) in [6.07, 6.45) is -1.46. The Morgan fingerprint density at radius 2 is 1.95 bits per heavy atom. The van der Waals surface area contributed by atoms with Gasteiger partial charge in [-0.05, 0) is 46.1 Å². The number of thiophene rings is 1. The SMILES string of the molecule is CCCc1cc2c(N3CCn4c(nnc4C(F)(F)F)C3)nc(N3CCCC(NC(=O)OC(C)(C)C)C3)nc2s1. The van der Waals surface area contributed by atoms with Gasteiger partial charge in [-0.3, -0.25) is 0 Å². The molecule has 3 aromatic heterocycles. The Hall–Kier alpha value is -3.16. The van der Waals surface area contributed by atoms with Crippen LogP contribution in [0.3, 0.4) is 0 Å². The van der Waals surface area contributed by atoms with E-state index in [1.807, 2.05) is 25.7 Å². The van der Waals surface area contributed by atoms with Crippen LogP contribution in [0.4, 0.5) is 29.7 Å². The molecule has 1 fully saturated rings. The van der Waals surface area contributed by atoms with Gasteiger partial charge < -0.3 is 24.4 Å². The molecule has 0 bridgehead atoms. The van der Waals surface area contributed by atoms with Crippen LogP contribution in [0.2, 0.25) is 0 Å². The highest BCUT2D eigenvalue weighted by atomic mass is 32.1. The van der Waals surface area contributed by atoms with E-state index >= 15 is 0 Å². The van der Waals surface area contributed by atoms with Gasteiger partial charge in [0.1, 0.15) is 16.2 Å². The molecule has 1 N–H and O–H groups in total. The molecule has 212 valence electrons.